The zero-order chi connectivity index (χ0) is 14.6. The molecule has 2 aromatic rings. The third-order valence-electron chi connectivity index (χ3n) is 2.52. The highest BCUT2D eigenvalue weighted by Gasteiger charge is 1.92. The summed E-state index contributed by atoms with van der Waals surface area (Å²) in [7, 11) is 3.16. The van der Waals surface area contributed by atoms with Crippen LogP contribution in [0, 0.1) is 0 Å². The Morgan fingerprint density at radius 2 is 1.25 bits per heavy atom. The molecule has 0 bridgehead atoms. The first-order valence-corrected chi connectivity index (χ1v) is 6.32. The fraction of sp³-hybridized carbons (Fsp3) is 0.111. The van der Waals surface area contributed by atoms with E-state index >= 15 is 0 Å². The summed E-state index contributed by atoms with van der Waals surface area (Å²) in [5, 5.41) is 0. The fourth-order valence-electron chi connectivity index (χ4n) is 1.48. The van der Waals surface area contributed by atoms with Crippen molar-refractivity contribution in [1.29, 1.82) is 0 Å². The Kier molecular flexibility index (Phi) is 7.36. The molecule has 0 amide bonds. The van der Waals surface area contributed by atoms with Crippen LogP contribution >= 0.6 is 0 Å². The summed E-state index contributed by atoms with van der Waals surface area (Å²) in [5.74, 6) is 0.515. The third kappa shape index (κ3) is 5.91. The molecule has 2 nitrogen and oxygen atoms in total. The van der Waals surface area contributed by atoms with Gasteiger partial charge in [-0.1, -0.05) is 73.3 Å². The van der Waals surface area contributed by atoms with E-state index in [0.717, 1.165) is 5.56 Å². The molecule has 0 radical (unpaired) electrons. The molecule has 0 aromatic heterocycles. The van der Waals surface area contributed by atoms with E-state index in [0.29, 0.717) is 5.95 Å². The number of methoxy groups -OCH3 is 2. The van der Waals surface area contributed by atoms with Gasteiger partial charge in [-0.2, -0.15) is 0 Å². The van der Waals surface area contributed by atoms with Crippen molar-refractivity contribution in [3.63, 3.8) is 0 Å². The molecule has 0 fully saturated rings. The number of hydrogen-bond acceptors (Lipinski definition) is 2. The lowest BCUT2D eigenvalue weighted by molar-refractivity contribution is 0.1000. The van der Waals surface area contributed by atoms with Crippen molar-refractivity contribution >= 4 is 12.2 Å². The third-order valence-corrected chi connectivity index (χ3v) is 2.52. The van der Waals surface area contributed by atoms with E-state index < -0.39 is 0 Å². The summed E-state index contributed by atoms with van der Waals surface area (Å²) in [6.45, 7) is 3.63. The highest BCUT2D eigenvalue weighted by atomic mass is 16.7. The zero-order valence-electron chi connectivity index (χ0n) is 12.0. The van der Waals surface area contributed by atoms with Crippen LogP contribution in [-0.2, 0) is 9.47 Å². The van der Waals surface area contributed by atoms with Gasteiger partial charge in [-0.15, -0.1) is 0 Å². The highest BCUT2D eigenvalue weighted by Crippen LogP contribution is 2.06. The van der Waals surface area contributed by atoms with Gasteiger partial charge in [-0.3, -0.25) is 0 Å². The molecule has 0 aliphatic rings. The van der Waals surface area contributed by atoms with Crippen LogP contribution in [-0.4, -0.2) is 14.2 Å². The van der Waals surface area contributed by atoms with Gasteiger partial charge in [-0.05, 0) is 11.1 Å². The Morgan fingerprint density at radius 1 is 0.800 bits per heavy atom. The van der Waals surface area contributed by atoms with Crippen molar-refractivity contribution in [2.75, 3.05) is 14.2 Å². The van der Waals surface area contributed by atoms with Crippen LogP contribution in [0.1, 0.15) is 11.1 Å². The molecule has 0 N–H and O–H groups in total. The summed E-state index contributed by atoms with van der Waals surface area (Å²) in [4.78, 5) is 0. The second-order valence-electron chi connectivity index (χ2n) is 3.90. The van der Waals surface area contributed by atoms with Crippen molar-refractivity contribution in [3.8, 4) is 0 Å². The average molecular weight is 268 g/mol. The van der Waals surface area contributed by atoms with E-state index in [1.807, 2.05) is 72.8 Å². The molecule has 2 heteroatoms. The SMILES string of the molecule is C=Cc1ccccc1.COC(=Cc1ccccc1)OC. The van der Waals surface area contributed by atoms with E-state index in [4.69, 9.17) is 9.47 Å². The Morgan fingerprint density at radius 3 is 1.60 bits per heavy atom. The maximum atomic E-state index is 4.94. The van der Waals surface area contributed by atoms with E-state index in [1.54, 1.807) is 14.2 Å². The lowest BCUT2D eigenvalue weighted by Crippen LogP contribution is -1.88. The monoisotopic (exact) mass is 268 g/mol. The van der Waals surface area contributed by atoms with Crippen LogP contribution in [0.4, 0.5) is 0 Å². The van der Waals surface area contributed by atoms with Crippen LogP contribution in [0.2, 0.25) is 0 Å². The molecule has 20 heavy (non-hydrogen) atoms. The minimum absolute atomic E-state index is 0.515. The average Bonchev–Trinajstić information content (AvgIpc) is 2.55. The second kappa shape index (κ2) is 9.45. The Bertz CT molecular complexity index is 510. The van der Waals surface area contributed by atoms with Crippen molar-refractivity contribution < 1.29 is 9.47 Å². The van der Waals surface area contributed by atoms with Gasteiger partial charge in [-0.25, -0.2) is 0 Å². The minimum atomic E-state index is 0.515. The maximum absolute atomic E-state index is 4.94. The molecule has 0 aliphatic carbocycles. The Balaban J connectivity index is 0.000000217. The number of benzene rings is 2. The molecule has 0 atom stereocenters. The van der Waals surface area contributed by atoms with Gasteiger partial charge in [0, 0.05) is 6.08 Å². The van der Waals surface area contributed by atoms with Gasteiger partial charge in [0.1, 0.15) is 0 Å². The van der Waals surface area contributed by atoms with E-state index in [-0.39, 0.29) is 0 Å². The molecule has 0 aliphatic heterocycles. The van der Waals surface area contributed by atoms with Crippen molar-refractivity contribution in [1.82, 2.24) is 0 Å². The largest absolute Gasteiger partial charge is 0.469 e. The molecule has 2 aromatic carbocycles. The molecular weight excluding hydrogens is 248 g/mol. The normalized spacial score (nSPS) is 8.70. The molecule has 0 saturated heterocycles. The number of ether oxygens (including phenoxy) is 2. The molecular formula is C18H20O2. The molecule has 0 heterocycles. The molecule has 104 valence electrons. The Labute approximate surface area is 121 Å². The first kappa shape index (κ1) is 15.6. The molecule has 2 rings (SSSR count). The van der Waals surface area contributed by atoms with Crippen LogP contribution in [0.15, 0.2) is 73.2 Å². The van der Waals surface area contributed by atoms with E-state index in [1.165, 1.54) is 5.56 Å². The maximum Gasteiger partial charge on any atom is 0.279 e. The molecule has 0 unspecified atom stereocenters. The first-order chi connectivity index (χ1) is 9.80. The predicted octanol–water partition coefficient (Wildman–Crippen LogP) is 4.61. The summed E-state index contributed by atoms with van der Waals surface area (Å²) in [5.41, 5.74) is 2.24. The second-order valence-corrected chi connectivity index (χ2v) is 3.90. The lowest BCUT2D eigenvalue weighted by Gasteiger charge is -2.02. The van der Waals surface area contributed by atoms with Gasteiger partial charge < -0.3 is 9.47 Å². The molecule has 0 saturated carbocycles. The number of rotatable bonds is 4. The summed E-state index contributed by atoms with van der Waals surface area (Å²) in [6, 6.07) is 19.9. The smallest absolute Gasteiger partial charge is 0.279 e. The summed E-state index contributed by atoms with van der Waals surface area (Å²) < 4.78 is 9.88. The quantitative estimate of drug-likeness (QED) is 0.754. The van der Waals surface area contributed by atoms with Crippen molar-refractivity contribution in [3.05, 3.63) is 84.3 Å². The summed E-state index contributed by atoms with van der Waals surface area (Å²) in [6.07, 6.45) is 3.67. The van der Waals surface area contributed by atoms with Gasteiger partial charge in [0.15, 0.2) is 0 Å². The van der Waals surface area contributed by atoms with Crippen molar-refractivity contribution in [2.24, 2.45) is 0 Å². The number of hydrogen-bond donors (Lipinski definition) is 0. The molecule has 0 spiro atoms. The van der Waals surface area contributed by atoms with Crippen LogP contribution in [0.25, 0.3) is 12.2 Å². The van der Waals surface area contributed by atoms with Gasteiger partial charge >= 0.3 is 0 Å². The lowest BCUT2D eigenvalue weighted by atomic mass is 10.2. The summed E-state index contributed by atoms with van der Waals surface area (Å²) >= 11 is 0. The van der Waals surface area contributed by atoms with Crippen LogP contribution < -0.4 is 0 Å². The van der Waals surface area contributed by atoms with Crippen molar-refractivity contribution in [2.45, 2.75) is 0 Å². The van der Waals surface area contributed by atoms with E-state index in [2.05, 4.69) is 6.58 Å². The van der Waals surface area contributed by atoms with E-state index in [9.17, 15) is 0 Å². The minimum Gasteiger partial charge on any atom is -0.469 e. The van der Waals surface area contributed by atoms with Crippen LogP contribution in [0.3, 0.4) is 0 Å². The fourth-order valence-corrected chi connectivity index (χ4v) is 1.48. The van der Waals surface area contributed by atoms with Gasteiger partial charge in [0.05, 0.1) is 14.2 Å². The Hall–Kier alpha value is -2.48. The predicted molar refractivity (Wildman–Crippen MR) is 85.0 cm³/mol. The highest BCUT2D eigenvalue weighted by molar-refractivity contribution is 5.49. The van der Waals surface area contributed by atoms with Gasteiger partial charge in [0.25, 0.3) is 5.95 Å². The topological polar surface area (TPSA) is 18.5 Å². The zero-order valence-corrected chi connectivity index (χ0v) is 12.0. The van der Waals surface area contributed by atoms with Crippen LogP contribution in [0.5, 0.6) is 0 Å². The first-order valence-electron chi connectivity index (χ1n) is 6.32. The standard InChI is InChI=1S/C10H12O2.C8H8/c1-11-10(12-2)8-9-6-4-3-5-7-9;1-2-8-6-4-3-5-7-8/h3-8H,1-2H3;2-7H,1H2. The van der Waals surface area contributed by atoms with Gasteiger partial charge in [0.2, 0.25) is 0 Å².